The Balaban J connectivity index is 0.00000121. The normalized spacial score (nSPS) is 16.2. The number of nitrogens with one attached hydrogen (secondary N) is 1. The van der Waals surface area contributed by atoms with Crippen LogP contribution in [0.2, 0.25) is 0 Å². The van der Waals surface area contributed by atoms with Crippen LogP contribution in [0.5, 0.6) is 0 Å². The van der Waals surface area contributed by atoms with E-state index >= 15 is 0 Å². The van der Waals surface area contributed by atoms with Gasteiger partial charge in [0.15, 0.2) is 0 Å². The van der Waals surface area contributed by atoms with Crippen molar-refractivity contribution in [2.24, 2.45) is 0 Å². The second-order valence-corrected chi connectivity index (χ2v) is 5.54. The highest BCUT2D eigenvalue weighted by atomic mass is 35.5. The second-order valence-electron chi connectivity index (χ2n) is 5.54. The Labute approximate surface area is 126 Å². The summed E-state index contributed by atoms with van der Waals surface area (Å²) in [6, 6.07) is 15.5. The fraction of sp³-hybridized carbons (Fsp3) is 0.294. The summed E-state index contributed by atoms with van der Waals surface area (Å²) in [4.78, 5) is 2.53. The minimum atomic E-state index is 0. The van der Waals surface area contributed by atoms with Crippen LogP contribution in [0, 0.1) is 0 Å². The molecule has 0 bridgehead atoms. The predicted octanol–water partition coefficient (Wildman–Crippen LogP) is 3.59. The van der Waals surface area contributed by atoms with Crippen LogP contribution in [-0.4, -0.2) is 11.4 Å². The number of hydrogen-bond acceptors (Lipinski definition) is 2. The number of para-hydroxylation sites is 1. The van der Waals surface area contributed by atoms with Crippen molar-refractivity contribution in [3.05, 3.63) is 64.7 Å². The van der Waals surface area contributed by atoms with Gasteiger partial charge >= 0.3 is 0 Å². The molecule has 0 saturated heterocycles. The predicted molar refractivity (Wildman–Crippen MR) is 85.3 cm³/mol. The summed E-state index contributed by atoms with van der Waals surface area (Å²) in [5, 5.41) is 3.54. The van der Waals surface area contributed by atoms with Crippen LogP contribution in [0.15, 0.2) is 42.5 Å². The first-order chi connectivity index (χ1) is 9.40. The average molecular weight is 287 g/mol. The van der Waals surface area contributed by atoms with Crippen molar-refractivity contribution in [3.63, 3.8) is 0 Å². The van der Waals surface area contributed by atoms with E-state index < -0.39 is 0 Å². The minimum absolute atomic E-state index is 0. The zero-order chi connectivity index (χ0) is 12.7. The van der Waals surface area contributed by atoms with Crippen molar-refractivity contribution in [3.8, 4) is 0 Å². The third-order valence-electron chi connectivity index (χ3n) is 4.23. The molecule has 20 heavy (non-hydrogen) atoms. The van der Waals surface area contributed by atoms with Crippen LogP contribution in [-0.2, 0) is 26.1 Å². The molecule has 0 aromatic heterocycles. The Morgan fingerprint density at radius 2 is 1.60 bits per heavy atom. The van der Waals surface area contributed by atoms with Crippen molar-refractivity contribution in [2.75, 3.05) is 11.9 Å². The Morgan fingerprint density at radius 1 is 0.900 bits per heavy atom. The van der Waals surface area contributed by atoms with E-state index in [0.29, 0.717) is 0 Å². The summed E-state index contributed by atoms with van der Waals surface area (Å²) in [6.45, 7) is 4.30. The second kappa shape index (κ2) is 5.47. The van der Waals surface area contributed by atoms with Gasteiger partial charge in [0.1, 0.15) is 0 Å². The largest absolute Gasteiger partial charge is 0.384 e. The highest BCUT2D eigenvalue weighted by Crippen LogP contribution is 2.30. The molecule has 2 aromatic carbocycles. The number of halogens is 1. The molecular formula is C17H19ClN2. The van der Waals surface area contributed by atoms with Crippen molar-refractivity contribution in [1.82, 2.24) is 4.90 Å². The number of anilines is 1. The van der Waals surface area contributed by atoms with Gasteiger partial charge in [-0.1, -0.05) is 42.5 Å². The smallest absolute Gasteiger partial charge is 0.0419 e. The van der Waals surface area contributed by atoms with Gasteiger partial charge in [0, 0.05) is 31.9 Å². The first-order valence-electron chi connectivity index (χ1n) is 7.04. The molecular weight excluding hydrogens is 268 g/mol. The highest BCUT2D eigenvalue weighted by molar-refractivity contribution is 5.85. The SMILES string of the molecule is Cl.c1ccc2c(c1)CN(Cc1cccc3c1NCC3)C2. The maximum absolute atomic E-state index is 3.54. The molecule has 2 aliphatic heterocycles. The summed E-state index contributed by atoms with van der Waals surface area (Å²) in [5.74, 6) is 0. The Bertz CT molecular complexity index is 599. The lowest BCUT2D eigenvalue weighted by atomic mass is 10.1. The standard InChI is InChI=1S/C17H18N2.ClH/c1-2-5-15-11-19(10-14(15)4-1)12-16-7-3-6-13-8-9-18-17(13)16;/h1-7,18H,8-12H2;1H. The summed E-state index contributed by atoms with van der Waals surface area (Å²) in [5.41, 5.74) is 7.29. The van der Waals surface area contributed by atoms with Gasteiger partial charge < -0.3 is 5.32 Å². The van der Waals surface area contributed by atoms with E-state index in [1.54, 1.807) is 0 Å². The van der Waals surface area contributed by atoms with Crippen LogP contribution in [0.3, 0.4) is 0 Å². The van der Waals surface area contributed by atoms with Gasteiger partial charge in [-0.2, -0.15) is 0 Å². The van der Waals surface area contributed by atoms with Crippen molar-refractivity contribution >= 4 is 18.1 Å². The summed E-state index contributed by atoms with van der Waals surface area (Å²) in [6.07, 6.45) is 1.17. The van der Waals surface area contributed by atoms with E-state index in [1.165, 1.54) is 34.4 Å². The Hall–Kier alpha value is -1.51. The fourth-order valence-corrected chi connectivity index (χ4v) is 3.30. The molecule has 0 radical (unpaired) electrons. The van der Waals surface area contributed by atoms with Crippen LogP contribution < -0.4 is 5.32 Å². The zero-order valence-corrected chi connectivity index (χ0v) is 12.2. The minimum Gasteiger partial charge on any atom is -0.384 e. The molecule has 0 spiro atoms. The van der Waals surface area contributed by atoms with E-state index in [4.69, 9.17) is 0 Å². The third-order valence-corrected chi connectivity index (χ3v) is 4.23. The van der Waals surface area contributed by atoms with E-state index in [-0.39, 0.29) is 12.4 Å². The van der Waals surface area contributed by atoms with Gasteiger partial charge in [0.25, 0.3) is 0 Å². The summed E-state index contributed by atoms with van der Waals surface area (Å²) < 4.78 is 0. The molecule has 2 heterocycles. The Morgan fingerprint density at radius 3 is 2.35 bits per heavy atom. The molecule has 4 rings (SSSR count). The maximum Gasteiger partial charge on any atom is 0.0419 e. The van der Waals surface area contributed by atoms with Crippen molar-refractivity contribution in [1.29, 1.82) is 0 Å². The van der Waals surface area contributed by atoms with Gasteiger partial charge in [-0.3, -0.25) is 4.90 Å². The number of benzene rings is 2. The van der Waals surface area contributed by atoms with Crippen LogP contribution >= 0.6 is 12.4 Å². The van der Waals surface area contributed by atoms with E-state index in [2.05, 4.69) is 52.7 Å². The van der Waals surface area contributed by atoms with Crippen LogP contribution in [0.1, 0.15) is 22.3 Å². The molecule has 0 amide bonds. The highest BCUT2D eigenvalue weighted by Gasteiger charge is 2.20. The molecule has 0 saturated carbocycles. The van der Waals surface area contributed by atoms with Gasteiger partial charge in [-0.05, 0) is 28.7 Å². The number of hydrogen-bond donors (Lipinski definition) is 1. The van der Waals surface area contributed by atoms with E-state index in [0.717, 1.165) is 26.2 Å². The lowest BCUT2D eigenvalue weighted by Crippen LogP contribution is -2.16. The monoisotopic (exact) mass is 286 g/mol. The molecule has 1 N–H and O–H groups in total. The number of fused-ring (bicyclic) bond motifs is 2. The topological polar surface area (TPSA) is 15.3 Å². The van der Waals surface area contributed by atoms with Gasteiger partial charge in [0.2, 0.25) is 0 Å². The van der Waals surface area contributed by atoms with Gasteiger partial charge in [-0.25, -0.2) is 0 Å². The molecule has 2 aliphatic rings. The number of rotatable bonds is 2. The number of nitrogens with zero attached hydrogens (tertiary/aromatic N) is 1. The van der Waals surface area contributed by atoms with Crippen LogP contribution in [0.25, 0.3) is 0 Å². The van der Waals surface area contributed by atoms with E-state index in [1.807, 2.05) is 0 Å². The molecule has 0 unspecified atom stereocenters. The first kappa shape index (κ1) is 13.5. The molecule has 0 fully saturated rings. The molecule has 0 aliphatic carbocycles. The van der Waals surface area contributed by atoms with Gasteiger partial charge in [-0.15, -0.1) is 12.4 Å². The van der Waals surface area contributed by atoms with Crippen molar-refractivity contribution < 1.29 is 0 Å². The van der Waals surface area contributed by atoms with Crippen molar-refractivity contribution in [2.45, 2.75) is 26.1 Å². The first-order valence-corrected chi connectivity index (χ1v) is 7.04. The molecule has 2 aromatic rings. The Kier molecular flexibility index (Phi) is 3.68. The van der Waals surface area contributed by atoms with Gasteiger partial charge in [0.05, 0.1) is 0 Å². The fourth-order valence-electron chi connectivity index (χ4n) is 3.30. The average Bonchev–Trinajstić information content (AvgIpc) is 3.04. The molecule has 104 valence electrons. The van der Waals surface area contributed by atoms with Crippen LogP contribution in [0.4, 0.5) is 5.69 Å². The third kappa shape index (κ3) is 2.30. The summed E-state index contributed by atoms with van der Waals surface area (Å²) in [7, 11) is 0. The quantitative estimate of drug-likeness (QED) is 0.907. The zero-order valence-electron chi connectivity index (χ0n) is 11.4. The lowest BCUT2D eigenvalue weighted by molar-refractivity contribution is 0.276. The molecule has 3 heteroatoms. The lowest BCUT2D eigenvalue weighted by Gasteiger charge is -2.17. The molecule has 2 nitrogen and oxygen atoms in total. The molecule has 0 atom stereocenters. The van der Waals surface area contributed by atoms with E-state index in [9.17, 15) is 0 Å². The summed E-state index contributed by atoms with van der Waals surface area (Å²) >= 11 is 0. The maximum atomic E-state index is 3.54.